The van der Waals surface area contributed by atoms with E-state index in [2.05, 4.69) is 10.3 Å². The lowest BCUT2D eigenvalue weighted by atomic mass is 10.1. The standard InChI is InChI=1S/C22H21Cl2N3O3S2/c1-28-21(31)26-16-3-5-18(6-4-16)32-12-17-11-29-22(30-17,13-27-9-8-25-14-27)19-7-2-15(23)10-20(19)24/h2-10,14,17H,11-13H2,1H3,(H,26,31). The van der Waals surface area contributed by atoms with E-state index in [0.29, 0.717) is 28.4 Å². The van der Waals surface area contributed by atoms with Gasteiger partial charge < -0.3 is 24.1 Å². The second-order valence-corrected chi connectivity index (χ2v) is 9.42. The highest BCUT2D eigenvalue weighted by molar-refractivity contribution is 7.99. The fourth-order valence-electron chi connectivity index (χ4n) is 3.37. The van der Waals surface area contributed by atoms with Crippen molar-refractivity contribution in [2.75, 3.05) is 24.8 Å². The zero-order valence-electron chi connectivity index (χ0n) is 17.2. The Hall–Kier alpha value is -1.81. The van der Waals surface area contributed by atoms with Gasteiger partial charge in [-0.25, -0.2) is 4.98 Å². The lowest BCUT2D eigenvalue weighted by Gasteiger charge is -2.30. The fraction of sp³-hybridized carbons (Fsp3) is 0.273. The monoisotopic (exact) mass is 509 g/mol. The number of hydrogen-bond donors (Lipinski definition) is 1. The summed E-state index contributed by atoms with van der Waals surface area (Å²) in [6.07, 6.45) is 5.20. The molecule has 0 amide bonds. The Morgan fingerprint density at radius 1 is 1.31 bits per heavy atom. The van der Waals surface area contributed by atoms with Crippen LogP contribution in [0.3, 0.4) is 0 Å². The molecule has 1 saturated heterocycles. The van der Waals surface area contributed by atoms with Gasteiger partial charge in [0.15, 0.2) is 0 Å². The van der Waals surface area contributed by atoms with Crippen molar-refractivity contribution in [3.63, 3.8) is 0 Å². The summed E-state index contributed by atoms with van der Waals surface area (Å²) >= 11 is 19.3. The molecular weight excluding hydrogens is 489 g/mol. The molecule has 1 aromatic heterocycles. The third-order valence-electron chi connectivity index (χ3n) is 4.87. The van der Waals surface area contributed by atoms with Crippen LogP contribution in [0.2, 0.25) is 10.0 Å². The molecule has 1 aliphatic rings. The predicted molar refractivity (Wildman–Crippen MR) is 132 cm³/mol. The van der Waals surface area contributed by atoms with Crippen LogP contribution >= 0.6 is 47.2 Å². The number of imidazole rings is 1. The number of benzene rings is 2. The number of halogens is 2. The van der Waals surface area contributed by atoms with Crippen LogP contribution in [-0.2, 0) is 26.5 Å². The van der Waals surface area contributed by atoms with Gasteiger partial charge in [0.05, 0.1) is 37.7 Å². The van der Waals surface area contributed by atoms with Crippen LogP contribution in [0.1, 0.15) is 5.56 Å². The Morgan fingerprint density at radius 3 is 2.81 bits per heavy atom. The fourth-order valence-corrected chi connectivity index (χ4v) is 4.91. The van der Waals surface area contributed by atoms with Gasteiger partial charge in [0.1, 0.15) is 0 Å². The zero-order valence-corrected chi connectivity index (χ0v) is 20.3. The van der Waals surface area contributed by atoms with Crippen LogP contribution in [0.15, 0.2) is 66.1 Å². The van der Waals surface area contributed by atoms with Gasteiger partial charge in [-0.15, -0.1) is 11.8 Å². The molecule has 3 aromatic rings. The first-order valence-corrected chi connectivity index (χ1v) is 11.9. The maximum absolute atomic E-state index is 6.52. The number of ether oxygens (including phenoxy) is 3. The van der Waals surface area contributed by atoms with E-state index < -0.39 is 5.79 Å². The molecule has 6 nitrogen and oxygen atoms in total. The summed E-state index contributed by atoms with van der Waals surface area (Å²) in [5.74, 6) is -0.294. The number of rotatable bonds is 7. The summed E-state index contributed by atoms with van der Waals surface area (Å²) in [5, 5.41) is 4.40. The minimum atomic E-state index is -1.02. The van der Waals surface area contributed by atoms with Crippen LogP contribution in [-0.4, -0.2) is 40.3 Å². The minimum absolute atomic E-state index is 0.117. The first kappa shape index (κ1) is 23.4. The van der Waals surface area contributed by atoms with Gasteiger partial charge in [-0.2, -0.15) is 0 Å². The van der Waals surface area contributed by atoms with Crippen molar-refractivity contribution in [2.45, 2.75) is 23.3 Å². The molecule has 32 heavy (non-hydrogen) atoms. The van der Waals surface area contributed by atoms with E-state index in [0.717, 1.165) is 21.9 Å². The third kappa shape index (κ3) is 5.57. The SMILES string of the molecule is COC(=S)Nc1ccc(SCC2COC(Cn3ccnc3)(c3ccc(Cl)cc3Cl)O2)cc1. The Bertz CT molecular complexity index is 1070. The molecule has 2 aromatic carbocycles. The van der Waals surface area contributed by atoms with Crippen LogP contribution < -0.4 is 5.32 Å². The molecule has 0 radical (unpaired) electrons. The molecule has 10 heteroatoms. The third-order valence-corrected chi connectivity index (χ3v) is 6.83. The number of nitrogens with one attached hydrogen (secondary N) is 1. The van der Waals surface area contributed by atoms with E-state index in [4.69, 9.17) is 49.6 Å². The van der Waals surface area contributed by atoms with E-state index in [-0.39, 0.29) is 6.10 Å². The van der Waals surface area contributed by atoms with E-state index in [9.17, 15) is 0 Å². The number of anilines is 1. The first-order chi connectivity index (χ1) is 15.5. The van der Waals surface area contributed by atoms with Crippen LogP contribution in [0.5, 0.6) is 0 Å². The summed E-state index contributed by atoms with van der Waals surface area (Å²) in [5.41, 5.74) is 1.62. The Labute approximate surface area is 206 Å². The number of hydrogen-bond acceptors (Lipinski definition) is 6. The van der Waals surface area contributed by atoms with E-state index in [1.54, 1.807) is 36.4 Å². The highest BCUT2D eigenvalue weighted by Crippen LogP contribution is 2.41. The van der Waals surface area contributed by atoms with Crippen LogP contribution in [0.4, 0.5) is 5.69 Å². The van der Waals surface area contributed by atoms with Gasteiger partial charge in [-0.1, -0.05) is 29.3 Å². The zero-order chi connectivity index (χ0) is 22.6. The molecular formula is C22H21Cl2N3O3S2. The van der Waals surface area contributed by atoms with Gasteiger partial charge in [-0.05, 0) is 48.6 Å². The Balaban J connectivity index is 1.45. The van der Waals surface area contributed by atoms with Crippen molar-refractivity contribution in [1.82, 2.24) is 9.55 Å². The van der Waals surface area contributed by atoms with Crippen molar-refractivity contribution in [2.24, 2.45) is 0 Å². The largest absolute Gasteiger partial charge is 0.474 e. The molecule has 0 spiro atoms. The Kier molecular flexibility index (Phi) is 7.60. The highest BCUT2D eigenvalue weighted by Gasteiger charge is 2.45. The summed E-state index contributed by atoms with van der Waals surface area (Å²) in [7, 11) is 1.54. The van der Waals surface area contributed by atoms with Crippen LogP contribution in [0.25, 0.3) is 0 Å². The number of thiocarbonyl (C=S) groups is 1. The van der Waals surface area contributed by atoms with Gasteiger partial charge in [0, 0.05) is 39.3 Å². The number of aromatic nitrogens is 2. The summed E-state index contributed by atoms with van der Waals surface area (Å²) in [6.45, 7) is 0.873. The molecule has 2 unspecified atom stereocenters. The topological polar surface area (TPSA) is 57.5 Å². The molecule has 0 aliphatic carbocycles. The lowest BCUT2D eigenvalue weighted by molar-refractivity contribution is -0.184. The summed E-state index contributed by atoms with van der Waals surface area (Å²) in [6, 6.07) is 13.3. The van der Waals surface area contributed by atoms with Gasteiger partial charge in [0.25, 0.3) is 5.17 Å². The average molecular weight is 510 g/mol. The molecule has 0 bridgehead atoms. The van der Waals surface area contributed by atoms with Gasteiger partial charge in [0.2, 0.25) is 5.79 Å². The quantitative estimate of drug-likeness (QED) is 0.328. The van der Waals surface area contributed by atoms with Crippen molar-refractivity contribution < 1.29 is 14.2 Å². The van der Waals surface area contributed by atoms with Crippen LogP contribution in [0, 0.1) is 0 Å². The van der Waals surface area contributed by atoms with E-state index in [1.165, 1.54) is 7.11 Å². The highest BCUT2D eigenvalue weighted by atomic mass is 35.5. The molecule has 0 saturated carbocycles. The average Bonchev–Trinajstić information content (AvgIpc) is 3.44. The minimum Gasteiger partial charge on any atom is -0.474 e. The predicted octanol–water partition coefficient (Wildman–Crippen LogP) is 5.59. The first-order valence-electron chi connectivity index (χ1n) is 9.78. The Morgan fingerprint density at radius 2 is 2.12 bits per heavy atom. The van der Waals surface area contributed by atoms with E-state index in [1.807, 2.05) is 41.1 Å². The molecule has 1 N–H and O–H groups in total. The maximum Gasteiger partial charge on any atom is 0.260 e. The van der Waals surface area contributed by atoms with Gasteiger partial charge >= 0.3 is 0 Å². The normalized spacial score (nSPS) is 20.3. The number of methoxy groups -OCH3 is 1. The maximum atomic E-state index is 6.52. The molecule has 2 atom stereocenters. The summed E-state index contributed by atoms with van der Waals surface area (Å²) in [4.78, 5) is 5.23. The number of thioether (sulfide) groups is 1. The molecule has 168 valence electrons. The lowest BCUT2D eigenvalue weighted by Crippen LogP contribution is -2.34. The van der Waals surface area contributed by atoms with Crippen molar-refractivity contribution >= 4 is 58.0 Å². The van der Waals surface area contributed by atoms with Crippen molar-refractivity contribution in [3.8, 4) is 0 Å². The second-order valence-electron chi connectivity index (χ2n) is 7.11. The molecule has 1 aliphatic heterocycles. The van der Waals surface area contributed by atoms with Gasteiger partial charge in [-0.3, -0.25) is 0 Å². The molecule has 2 heterocycles. The molecule has 1 fully saturated rings. The summed E-state index contributed by atoms with van der Waals surface area (Å²) < 4.78 is 19.6. The van der Waals surface area contributed by atoms with E-state index >= 15 is 0 Å². The van der Waals surface area contributed by atoms with Crippen molar-refractivity contribution in [3.05, 3.63) is 76.8 Å². The molecule has 4 rings (SSSR count). The second kappa shape index (κ2) is 10.4. The smallest absolute Gasteiger partial charge is 0.260 e. The number of nitrogens with zero attached hydrogens (tertiary/aromatic N) is 2. The van der Waals surface area contributed by atoms with Crippen molar-refractivity contribution in [1.29, 1.82) is 0 Å².